The number of hydrazine groups is 1. The van der Waals surface area contributed by atoms with Crippen LogP contribution in [0.4, 0.5) is 5.69 Å². The van der Waals surface area contributed by atoms with E-state index in [1.54, 1.807) is 12.1 Å². The van der Waals surface area contributed by atoms with E-state index < -0.39 is 4.92 Å². The summed E-state index contributed by atoms with van der Waals surface area (Å²) < 4.78 is 0. The number of benzene rings is 2. The number of nitrogens with one attached hydrogen (secondary N) is 3. The Balaban J connectivity index is 1.62. The highest BCUT2D eigenvalue weighted by molar-refractivity contribution is 5.80. The molecule has 1 heterocycles. The summed E-state index contributed by atoms with van der Waals surface area (Å²) >= 11 is 0. The number of carbonyl (C=O) groups excluding carboxylic acids is 1. The number of rotatable bonds is 6. The van der Waals surface area contributed by atoms with E-state index in [1.165, 1.54) is 17.7 Å². The van der Waals surface area contributed by atoms with Gasteiger partial charge in [-0.3, -0.25) is 20.3 Å². The topological polar surface area (TPSA) is 96.3 Å². The lowest BCUT2D eigenvalue weighted by atomic mass is 9.94. The van der Waals surface area contributed by atoms with E-state index in [0.717, 1.165) is 11.1 Å². The number of hydrogen-bond acceptors (Lipinski definition) is 5. The zero-order valence-corrected chi connectivity index (χ0v) is 15.4. The van der Waals surface area contributed by atoms with Gasteiger partial charge in [-0.05, 0) is 22.6 Å². The number of hydrogen-bond donors (Lipinski definition) is 3. The number of amides is 1. The Bertz CT molecular complexity index is 803. The normalized spacial score (nSPS) is 19.2. The molecule has 3 N–H and O–H groups in total. The van der Waals surface area contributed by atoms with E-state index >= 15 is 0 Å². The van der Waals surface area contributed by atoms with Crippen LogP contribution in [0.15, 0.2) is 48.5 Å². The van der Waals surface area contributed by atoms with Crippen molar-refractivity contribution in [2.45, 2.75) is 32.4 Å². The molecular formula is C20H24N4O3. The average molecular weight is 368 g/mol. The molecule has 7 heteroatoms. The lowest BCUT2D eigenvalue weighted by Crippen LogP contribution is -2.34. The van der Waals surface area contributed by atoms with Crippen LogP contribution < -0.4 is 16.2 Å². The standard InChI is InChI=1S/C20H24N4O3/c1-13(2)15-5-3-14(4-6-15)11-21-20(25)18-12-22-23-19(18)16-7-9-17(10-8-16)24(26)27/h3-10,13,18-19,22-23H,11-12H2,1-2H3,(H,21,25). The van der Waals surface area contributed by atoms with Crippen molar-refractivity contribution in [2.75, 3.05) is 6.54 Å². The monoisotopic (exact) mass is 368 g/mol. The smallest absolute Gasteiger partial charge is 0.269 e. The largest absolute Gasteiger partial charge is 0.352 e. The van der Waals surface area contributed by atoms with Gasteiger partial charge in [-0.1, -0.05) is 50.2 Å². The van der Waals surface area contributed by atoms with Gasteiger partial charge < -0.3 is 5.32 Å². The molecule has 0 aromatic heterocycles. The highest BCUT2D eigenvalue weighted by Gasteiger charge is 2.34. The first-order valence-electron chi connectivity index (χ1n) is 9.05. The van der Waals surface area contributed by atoms with Crippen molar-refractivity contribution in [2.24, 2.45) is 5.92 Å². The number of carbonyl (C=O) groups is 1. The van der Waals surface area contributed by atoms with Gasteiger partial charge in [0.2, 0.25) is 5.91 Å². The minimum Gasteiger partial charge on any atom is -0.352 e. The maximum atomic E-state index is 12.7. The Morgan fingerprint density at radius 2 is 1.85 bits per heavy atom. The van der Waals surface area contributed by atoms with Crippen LogP contribution in [-0.4, -0.2) is 17.4 Å². The Hall–Kier alpha value is -2.77. The van der Waals surface area contributed by atoms with Crippen molar-refractivity contribution in [3.63, 3.8) is 0 Å². The molecule has 2 aromatic carbocycles. The van der Waals surface area contributed by atoms with Gasteiger partial charge >= 0.3 is 0 Å². The summed E-state index contributed by atoms with van der Waals surface area (Å²) in [5, 5.41) is 13.8. The Kier molecular flexibility index (Phi) is 5.83. The first-order valence-corrected chi connectivity index (χ1v) is 9.05. The quantitative estimate of drug-likeness (QED) is 0.538. The highest BCUT2D eigenvalue weighted by atomic mass is 16.6. The molecule has 1 fully saturated rings. The summed E-state index contributed by atoms with van der Waals surface area (Å²) in [6.07, 6.45) is 0. The Morgan fingerprint density at radius 3 is 2.44 bits per heavy atom. The summed E-state index contributed by atoms with van der Waals surface area (Å²) in [6, 6.07) is 14.3. The third-order valence-electron chi connectivity index (χ3n) is 4.89. The molecule has 0 spiro atoms. The van der Waals surface area contributed by atoms with Crippen LogP contribution in [0.5, 0.6) is 0 Å². The molecule has 0 radical (unpaired) electrons. The van der Waals surface area contributed by atoms with Crippen molar-refractivity contribution in [1.29, 1.82) is 0 Å². The minimum atomic E-state index is -0.432. The molecule has 0 saturated carbocycles. The van der Waals surface area contributed by atoms with Crippen LogP contribution in [0.2, 0.25) is 0 Å². The number of non-ortho nitro benzene ring substituents is 1. The molecule has 142 valence electrons. The van der Waals surface area contributed by atoms with E-state index in [4.69, 9.17) is 0 Å². The van der Waals surface area contributed by atoms with E-state index in [2.05, 4.69) is 42.1 Å². The van der Waals surface area contributed by atoms with Gasteiger partial charge in [-0.2, -0.15) is 0 Å². The molecule has 0 bridgehead atoms. The molecule has 2 unspecified atom stereocenters. The van der Waals surface area contributed by atoms with E-state index in [9.17, 15) is 14.9 Å². The van der Waals surface area contributed by atoms with Crippen LogP contribution in [0, 0.1) is 16.0 Å². The molecule has 1 aliphatic heterocycles. The van der Waals surface area contributed by atoms with Gasteiger partial charge in [0.25, 0.3) is 5.69 Å². The second-order valence-electron chi connectivity index (χ2n) is 7.07. The Labute approximate surface area is 158 Å². The summed E-state index contributed by atoms with van der Waals surface area (Å²) in [4.78, 5) is 23.0. The fourth-order valence-corrected chi connectivity index (χ4v) is 3.20. The second-order valence-corrected chi connectivity index (χ2v) is 7.07. The summed E-state index contributed by atoms with van der Waals surface area (Å²) in [5.74, 6) is 0.136. The molecular weight excluding hydrogens is 344 g/mol. The van der Waals surface area contributed by atoms with Gasteiger partial charge in [0.15, 0.2) is 0 Å². The fourth-order valence-electron chi connectivity index (χ4n) is 3.20. The van der Waals surface area contributed by atoms with Crippen molar-refractivity contribution in [1.82, 2.24) is 16.2 Å². The summed E-state index contributed by atoms with van der Waals surface area (Å²) in [6.45, 7) is 5.27. The number of nitro benzene ring substituents is 1. The summed E-state index contributed by atoms with van der Waals surface area (Å²) in [5.41, 5.74) is 9.31. The molecule has 1 aliphatic rings. The van der Waals surface area contributed by atoms with Crippen LogP contribution in [0.25, 0.3) is 0 Å². The summed E-state index contributed by atoms with van der Waals surface area (Å²) in [7, 11) is 0. The molecule has 7 nitrogen and oxygen atoms in total. The molecule has 2 aromatic rings. The van der Waals surface area contributed by atoms with Crippen molar-refractivity contribution < 1.29 is 9.72 Å². The minimum absolute atomic E-state index is 0.0375. The first-order chi connectivity index (χ1) is 13.0. The van der Waals surface area contributed by atoms with Crippen LogP contribution >= 0.6 is 0 Å². The maximum absolute atomic E-state index is 12.7. The van der Waals surface area contributed by atoms with Gasteiger partial charge in [-0.25, -0.2) is 5.43 Å². The van der Waals surface area contributed by atoms with Crippen molar-refractivity contribution in [3.05, 3.63) is 75.3 Å². The third kappa shape index (κ3) is 4.50. The van der Waals surface area contributed by atoms with Crippen molar-refractivity contribution >= 4 is 11.6 Å². The highest BCUT2D eigenvalue weighted by Crippen LogP contribution is 2.26. The second kappa shape index (κ2) is 8.28. The van der Waals surface area contributed by atoms with Gasteiger partial charge in [0.05, 0.1) is 16.9 Å². The predicted octanol–water partition coefficient (Wildman–Crippen LogP) is 2.80. The maximum Gasteiger partial charge on any atom is 0.269 e. The van der Waals surface area contributed by atoms with Crippen LogP contribution in [0.3, 0.4) is 0 Å². The average Bonchev–Trinajstić information content (AvgIpc) is 3.16. The molecule has 2 atom stereocenters. The molecule has 1 amide bonds. The van der Waals surface area contributed by atoms with Gasteiger partial charge in [-0.15, -0.1) is 0 Å². The number of nitrogens with zero attached hydrogens (tertiary/aromatic N) is 1. The lowest BCUT2D eigenvalue weighted by molar-refractivity contribution is -0.384. The Morgan fingerprint density at radius 1 is 1.19 bits per heavy atom. The van der Waals surface area contributed by atoms with E-state index in [-0.39, 0.29) is 23.6 Å². The SMILES string of the molecule is CC(C)c1ccc(CNC(=O)C2CNNC2c2ccc([N+](=O)[O-])cc2)cc1. The van der Waals surface area contributed by atoms with Gasteiger partial charge in [0, 0.05) is 25.2 Å². The first kappa shape index (κ1) is 19.0. The zero-order valence-electron chi connectivity index (χ0n) is 15.4. The van der Waals surface area contributed by atoms with E-state index in [0.29, 0.717) is 19.0 Å². The predicted molar refractivity (Wildman–Crippen MR) is 103 cm³/mol. The zero-order chi connectivity index (χ0) is 19.4. The van der Waals surface area contributed by atoms with Crippen LogP contribution in [0.1, 0.15) is 42.5 Å². The van der Waals surface area contributed by atoms with Gasteiger partial charge in [0.1, 0.15) is 0 Å². The third-order valence-corrected chi connectivity index (χ3v) is 4.89. The lowest BCUT2D eigenvalue weighted by Gasteiger charge is -2.18. The molecule has 1 saturated heterocycles. The van der Waals surface area contributed by atoms with E-state index in [1.807, 2.05) is 12.1 Å². The number of nitro groups is 1. The fraction of sp³-hybridized carbons (Fsp3) is 0.350. The molecule has 3 rings (SSSR count). The van der Waals surface area contributed by atoms with Crippen molar-refractivity contribution in [3.8, 4) is 0 Å². The molecule has 27 heavy (non-hydrogen) atoms. The van der Waals surface area contributed by atoms with Crippen LogP contribution in [-0.2, 0) is 11.3 Å². The molecule has 0 aliphatic carbocycles.